The van der Waals surface area contributed by atoms with Gasteiger partial charge in [-0.25, -0.2) is 13.8 Å². The molecule has 0 spiro atoms. The summed E-state index contributed by atoms with van der Waals surface area (Å²) in [7, 11) is -3.64. The number of hydrogen-bond donors (Lipinski definition) is 1. The molecule has 1 heterocycles. The number of nitrogens with zero attached hydrogens (tertiary/aromatic N) is 3. The molecule has 0 unspecified atom stereocenters. The van der Waals surface area contributed by atoms with E-state index in [0.717, 1.165) is 45.2 Å². The van der Waals surface area contributed by atoms with Gasteiger partial charge in [0.15, 0.2) is 0 Å². The van der Waals surface area contributed by atoms with Crippen molar-refractivity contribution in [3.05, 3.63) is 82.7 Å². The molecule has 0 radical (unpaired) electrons. The van der Waals surface area contributed by atoms with Crippen LogP contribution in [0.2, 0.25) is 0 Å². The predicted molar refractivity (Wildman–Crippen MR) is 134 cm³/mol. The van der Waals surface area contributed by atoms with Gasteiger partial charge in [0, 0.05) is 22.6 Å². The zero-order chi connectivity index (χ0) is 24.2. The number of hydrogen-bond acceptors (Lipinski definition) is 4. The third kappa shape index (κ3) is 5.90. The normalized spacial score (nSPS) is 11.7. The average Bonchev–Trinajstić information content (AvgIpc) is 3.04. The largest absolute Gasteiger partial charge is 0.318 e. The van der Waals surface area contributed by atoms with Gasteiger partial charge in [-0.1, -0.05) is 31.2 Å². The Morgan fingerprint density at radius 1 is 1.09 bits per heavy atom. The summed E-state index contributed by atoms with van der Waals surface area (Å²) in [4.78, 5) is 12.5. The topological polar surface area (TPSA) is 83.8 Å². The summed E-state index contributed by atoms with van der Waals surface area (Å²) in [5.41, 5.74) is 9.11. The van der Waals surface area contributed by atoms with Crippen LogP contribution in [0.4, 0.5) is 5.69 Å². The fourth-order valence-electron chi connectivity index (χ4n) is 3.72. The van der Waals surface area contributed by atoms with E-state index in [9.17, 15) is 13.2 Å². The van der Waals surface area contributed by atoms with Crippen molar-refractivity contribution in [1.29, 1.82) is 0 Å². The second-order valence-electron chi connectivity index (χ2n) is 8.08. The van der Waals surface area contributed by atoms with Gasteiger partial charge in [0.25, 0.3) is 5.91 Å². The lowest BCUT2D eigenvalue weighted by atomic mass is 10.1. The second kappa shape index (κ2) is 10.0. The summed E-state index contributed by atoms with van der Waals surface area (Å²) < 4.78 is 27.7. The Labute approximate surface area is 195 Å². The molecule has 1 aromatic heterocycles. The first-order valence-corrected chi connectivity index (χ1v) is 12.6. The van der Waals surface area contributed by atoms with Crippen molar-refractivity contribution >= 4 is 27.8 Å². The van der Waals surface area contributed by atoms with Crippen molar-refractivity contribution in [2.75, 3.05) is 17.1 Å². The molecule has 8 heteroatoms. The van der Waals surface area contributed by atoms with Crippen LogP contribution in [0.25, 0.3) is 5.69 Å². The van der Waals surface area contributed by atoms with E-state index in [1.165, 1.54) is 5.56 Å². The summed E-state index contributed by atoms with van der Waals surface area (Å²) in [5.74, 6) is -0.524. The second-order valence-corrected chi connectivity index (χ2v) is 9.99. The van der Waals surface area contributed by atoms with Crippen molar-refractivity contribution < 1.29 is 13.2 Å². The van der Waals surface area contributed by atoms with Crippen LogP contribution in [0.15, 0.2) is 59.7 Å². The highest BCUT2D eigenvalue weighted by molar-refractivity contribution is 7.92. The third-order valence-electron chi connectivity index (χ3n) is 5.44. The Balaban J connectivity index is 1.73. The van der Waals surface area contributed by atoms with Crippen LogP contribution < -0.4 is 9.73 Å². The van der Waals surface area contributed by atoms with Crippen LogP contribution in [0.5, 0.6) is 0 Å². The van der Waals surface area contributed by atoms with Gasteiger partial charge in [-0.2, -0.15) is 5.10 Å². The van der Waals surface area contributed by atoms with E-state index in [1.54, 1.807) is 18.3 Å². The van der Waals surface area contributed by atoms with E-state index in [4.69, 9.17) is 0 Å². The highest BCUT2D eigenvalue weighted by Crippen LogP contribution is 2.21. The van der Waals surface area contributed by atoms with Crippen LogP contribution in [-0.2, 0) is 21.2 Å². The Kier molecular flexibility index (Phi) is 7.38. The smallest absolute Gasteiger partial charge is 0.260 e. The van der Waals surface area contributed by atoms with Crippen LogP contribution in [0.1, 0.15) is 35.0 Å². The molecule has 1 N–H and O–H groups in total. The van der Waals surface area contributed by atoms with E-state index in [-0.39, 0.29) is 6.54 Å². The predicted octanol–water partition coefficient (Wildman–Crippen LogP) is 3.88. The molecular formula is C25H30N4O3S. The molecule has 0 atom stereocenters. The Hall–Kier alpha value is -3.39. The zero-order valence-corrected chi connectivity index (χ0v) is 20.5. The summed E-state index contributed by atoms with van der Waals surface area (Å²) in [5, 5.41) is 4.06. The van der Waals surface area contributed by atoms with Gasteiger partial charge >= 0.3 is 0 Å². The number of nitrogens with one attached hydrogen (secondary N) is 1. The van der Waals surface area contributed by atoms with E-state index in [0.29, 0.717) is 5.69 Å². The number of carbonyl (C=O) groups excluding carboxylic acids is 1. The van der Waals surface area contributed by atoms with E-state index >= 15 is 0 Å². The lowest BCUT2D eigenvalue weighted by Gasteiger charge is -2.21. The number of hydrazone groups is 1. The fraction of sp³-hybridized carbons (Fsp3) is 0.280. The molecule has 0 aliphatic carbocycles. The monoisotopic (exact) mass is 466 g/mol. The molecule has 3 aromatic rings. The highest BCUT2D eigenvalue weighted by Gasteiger charge is 2.20. The zero-order valence-electron chi connectivity index (χ0n) is 19.7. The Morgan fingerprint density at radius 3 is 2.39 bits per heavy atom. The summed E-state index contributed by atoms with van der Waals surface area (Å²) in [6.45, 7) is 7.72. The SMILES string of the molecule is CCc1ccc(N(CC(=O)N/N=C\c2cc(C)n(-c3cccc(C)c3)c2C)S(C)(=O)=O)cc1. The van der Waals surface area contributed by atoms with Gasteiger partial charge in [0.1, 0.15) is 6.54 Å². The molecule has 0 bridgehead atoms. The third-order valence-corrected chi connectivity index (χ3v) is 6.58. The molecule has 7 nitrogen and oxygen atoms in total. The van der Waals surface area contributed by atoms with Gasteiger partial charge in [0.05, 0.1) is 18.2 Å². The van der Waals surface area contributed by atoms with Crippen LogP contribution in [0.3, 0.4) is 0 Å². The van der Waals surface area contributed by atoms with Crippen LogP contribution in [0, 0.1) is 20.8 Å². The quantitative estimate of drug-likeness (QED) is 0.404. The number of aromatic nitrogens is 1. The molecule has 0 fully saturated rings. The van der Waals surface area contributed by atoms with E-state index in [2.05, 4.69) is 21.2 Å². The lowest BCUT2D eigenvalue weighted by molar-refractivity contribution is -0.119. The summed E-state index contributed by atoms with van der Waals surface area (Å²) in [6, 6.07) is 17.3. The van der Waals surface area contributed by atoms with Gasteiger partial charge in [-0.3, -0.25) is 9.10 Å². The van der Waals surface area contributed by atoms with Crippen molar-refractivity contribution in [3.8, 4) is 5.69 Å². The maximum absolute atomic E-state index is 12.5. The van der Waals surface area contributed by atoms with Gasteiger partial charge in [-0.15, -0.1) is 0 Å². The molecule has 0 aliphatic heterocycles. The fourth-order valence-corrected chi connectivity index (χ4v) is 4.58. The average molecular weight is 467 g/mol. The number of amides is 1. The number of aryl methyl sites for hydroxylation is 3. The number of carbonyl (C=O) groups is 1. The Morgan fingerprint density at radius 2 is 1.79 bits per heavy atom. The minimum atomic E-state index is -3.64. The number of anilines is 1. The number of rotatable bonds is 8. The molecule has 33 heavy (non-hydrogen) atoms. The van der Waals surface area contributed by atoms with Crippen molar-refractivity contribution in [2.45, 2.75) is 34.1 Å². The first-order valence-electron chi connectivity index (χ1n) is 10.7. The first-order chi connectivity index (χ1) is 15.6. The summed E-state index contributed by atoms with van der Waals surface area (Å²) >= 11 is 0. The van der Waals surface area contributed by atoms with Crippen LogP contribution in [-0.4, -0.2) is 37.9 Å². The van der Waals surface area contributed by atoms with Crippen LogP contribution >= 0.6 is 0 Å². The van der Waals surface area contributed by atoms with Gasteiger partial charge in [-0.05, 0) is 68.7 Å². The number of sulfonamides is 1. The maximum Gasteiger partial charge on any atom is 0.260 e. The minimum absolute atomic E-state index is 0.357. The highest BCUT2D eigenvalue weighted by atomic mass is 32.2. The molecule has 1 amide bonds. The number of benzene rings is 2. The Bertz CT molecular complexity index is 1280. The molecular weight excluding hydrogens is 436 g/mol. The lowest BCUT2D eigenvalue weighted by Crippen LogP contribution is -2.39. The molecule has 0 saturated carbocycles. The maximum atomic E-state index is 12.5. The first kappa shape index (κ1) is 24.3. The van der Waals surface area contributed by atoms with Crippen molar-refractivity contribution in [2.24, 2.45) is 5.10 Å². The van der Waals surface area contributed by atoms with Gasteiger partial charge < -0.3 is 4.57 Å². The van der Waals surface area contributed by atoms with Gasteiger partial charge in [0.2, 0.25) is 10.0 Å². The van der Waals surface area contributed by atoms with E-state index in [1.807, 2.05) is 64.1 Å². The van der Waals surface area contributed by atoms with Crippen molar-refractivity contribution in [1.82, 2.24) is 9.99 Å². The molecule has 3 rings (SSSR count). The molecule has 0 aliphatic rings. The van der Waals surface area contributed by atoms with Crippen molar-refractivity contribution in [3.63, 3.8) is 0 Å². The molecule has 2 aromatic carbocycles. The standard InChI is InChI=1S/C25H30N4O3S/c1-6-21-10-12-23(13-11-21)28(33(5,31)32)17-25(30)27-26-16-22-15-19(3)29(20(22)4)24-9-7-8-18(2)14-24/h7-16H,6,17H2,1-5H3,(H,27,30)/b26-16-. The molecule has 0 saturated heterocycles. The molecule has 174 valence electrons. The minimum Gasteiger partial charge on any atom is -0.318 e. The van der Waals surface area contributed by atoms with E-state index < -0.39 is 15.9 Å². The summed E-state index contributed by atoms with van der Waals surface area (Å²) in [6.07, 6.45) is 3.50.